The smallest absolute Gasteiger partial charge is 0.0488 e. The number of hydrogen-bond donors (Lipinski definition) is 0. The molecule has 0 aliphatic carbocycles. The fourth-order valence-corrected chi connectivity index (χ4v) is 7.31. The molecule has 0 aliphatic heterocycles. The Labute approximate surface area is 292 Å². The van der Waals surface area contributed by atoms with Gasteiger partial charge >= 0.3 is 0 Å². The summed E-state index contributed by atoms with van der Waals surface area (Å²) in [4.78, 5) is 4.70. The average Bonchev–Trinajstić information content (AvgIpc) is 3.20. The van der Waals surface area contributed by atoms with E-state index in [4.69, 9.17) is 0 Å². The fourth-order valence-electron chi connectivity index (χ4n) is 7.31. The number of anilines is 6. The lowest BCUT2D eigenvalue weighted by molar-refractivity contribution is 1.25. The summed E-state index contributed by atoms with van der Waals surface area (Å²) in [6.45, 7) is 0. The van der Waals surface area contributed by atoms with Crippen molar-refractivity contribution < 1.29 is 0 Å². The van der Waals surface area contributed by atoms with Crippen molar-refractivity contribution in [2.45, 2.75) is 0 Å². The first-order valence-electron chi connectivity index (χ1n) is 17.1. The second-order valence-corrected chi connectivity index (χ2v) is 12.6. The Morgan fingerprint density at radius 3 is 0.900 bits per heavy atom. The number of nitrogens with zero attached hydrogens (tertiary/aromatic N) is 2. The van der Waals surface area contributed by atoms with Crippen LogP contribution in [-0.4, -0.2) is 0 Å². The molecule has 50 heavy (non-hydrogen) atoms. The summed E-state index contributed by atoms with van der Waals surface area (Å²) < 4.78 is 0. The Hall–Kier alpha value is -6.64. The molecule has 0 radical (unpaired) electrons. The predicted molar refractivity (Wildman–Crippen MR) is 214 cm³/mol. The normalized spacial score (nSPS) is 11.2. The van der Waals surface area contributed by atoms with Crippen molar-refractivity contribution in [3.8, 4) is 11.1 Å². The van der Waals surface area contributed by atoms with Gasteiger partial charge in [0.05, 0.1) is 0 Å². The van der Waals surface area contributed by atoms with Gasteiger partial charge in [-0.15, -0.1) is 0 Å². The number of para-hydroxylation sites is 4. The van der Waals surface area contributed by atoms with Crippen LogP contribution < -0.4 is 9.80 Å². The van der Waals surface area contributed by atoms with E-state index in [9.17, 15) is 0 Å². The van der Waals surface area contributed by atoms with Crippen LogP contribution in [0.25, 0.3) is 43.4 Å². The molecule has 0 spiro atoms. The van der Waals surface area contributed by atoms with Gasteiger partial charge in [-0.3, -0.25) is 0 Å². The Kier molecular flexibility index (Phi) is 7.53. The lowest BCUT2D eigenvalue weighted by atomic mass is 9.92. The molecule has 0 saturated heterocycles. The second kappa shape index (κ2) is 12.8. The maximum absolute atomic E-state index is 2.39. The van der Waals surface area contributed by atoms with Crippen LogP contribution in [0.4, 0.5) is 34.1 Å². The Morgan fingerprint density at radius 2 is 0.520 bits per heavy atom. The van der Waals surface area contributed by atoms with Gasteiger partial charge in [-0.25, -0.2) is 0 Å². The molecule has 0 aromatic heterocycles. The van der Waals surface area contributed by atoms with E-state index >= 15 is 0 Å². The standard InChI is InChI=1S/C48H34N2/c1-5-17-37(18-6-1)49(38-19-7-2-8-20-38)41-31-36(32-42(34-41)50(39-21-9-3-10-22-39)40-23-11-4-12-24-40)35-29-30-47-45-27-14-13-25-43(45)44-26-15-16-28-46(44)48(47)33-35/h1-34H. The zero-order valence-corrected chi connectivity index (χ0v) is 27.5. The minimum atomic E-state index is 1.08. The van der Waals surface area contributed by atoms with Gasteiger partial charge < -0.3 is 9.80 Å². The van der Waals surface area contributed by atoms with Crippen molar-refractivity contribution in [2.24, 2.45) is 0 Å². The van der Waals surface area contributed by atoms with Gasteiger partial charge in [0.15, 0.2) is 0 Å². The first-order chi connectivity index (χ1) is 24.8. The molecule has 0 atom stereocenters. The molecule has 2 heteroatoms. The molecule has 236 valence electrons. The summed E-state index contributed by atoms with van der Waals surface area (Å²) in [6, 6.07) is 74.1. The summed E-state index contributed by atoms with van der Waals surface area (Å²) in [7, 11) is 0. The van der Waals surface area contributed by atoms with E-state index in [-0.39, 0.29) is 0 Å². The largest absolute Gasteiger partial charge is 0.310 e. The maximum atomic E-state index is 2.39. The van der Waals surface area contributed by atoms with Gasteiger partial charge in [-0.1, -0.05) is 133 Å². The Bertz CT molecular complexity index is 2370. The molecule has 0 heterocycles. The van der Waals surface area contributed by atoms with Crippen molar-refractivity contribution in [3.63, 3.8) is 0 Å². The Morgan fingerprint density at radius 1 is 0.200 bits per heavy atom. The third-order valence-corrected chi connectivity index (χ3v) is 9.55. The van der Waals surface area contributed by atoms with E-state index in [0.717, 1.165) is 39.7 Å². The topological polar surface area (TPSA) is 6.48 Å². The van der Waals surface area contributed by atoms with Gasteiger partial charge in [-0.2, -0.15) is 0 Å². The molecule has 0 unspecified atom stereocenters. The number of benzene rings is 9. The van der Waals surface area contributed by atoms with Crippen molar-refractivity contribution in [1.82, 2.24) is 0 Å². The van der Waals surface area contributed by atoms with E-state index in [2.05, 4.69) is 216 Å². The Balaban J connectivity index is 1.33. The molecular formula is C48H34N2. The number of fused-ring (bicyclic) bond motifs is 6. The minimum absolute atomic E-state index is 1.08. The second-order valence-electron chi connectivity index (χ2n) is 12.6. The molecule has 0 amide bonds. The van der Waals surface area contributed by atoms with E-state index in [1.54, 1.807) is 0 Å². The summed E-state index contributed by atoms with van der Waals surface area (Å²) >= 11 is 0. The van der Waals surface area contributed by atoms with Crippen LogP contribution >= 0.6 is 0 Å². The van der Waals surface area contributed by atoms with Gasteiger partial charge in [0.25, 0.3) is 0 Å². The first-order valence-corrected chi connectivity index (χ1v) is 17.1. The van der Waals surface area contributed by atoms with Gasteiger partial charge in [0.2, 0.25) is 0 Å². The quantitative estimate of drug-likeness (QED) is 0.160. The van der Waals surface area contributed by atoms with Crippen molar-refractivity contribution in [2.75, 3.05) is 9.80 Å². The molecule has 9 rings (SSSR count). The highest BCUT2D eigenvalue weighted by atomic mass is 15.2. The molecule has 0 saturated carbocycles. The van der Waals surface area contributed by atoms with Gasteiger partial charge in [0, 0.05) is 34.1 Å². The number of hydrogen-bond acceptors (Lipinski definition) is 2. The van der Waals surface area contributed by atoms with Crippen LogP contribution in [0, 0.1) is 0 Å². The zero-order chi connectivity index (χ0) is 33.3. The monoisotopic (exact) mass is 638 g/mol. The maximum Gasteiger partial charge on any atom is 0.0488 e. The third kappa shape index (κ3) is 5.34. The molecule has 0 N–H and O–H groups in total. The summed E-state index contributed by atoms with van der Waals surface area (Å²) in [5.74, 6) is 0. The fraction of sp³-hybridized carbons (Fsp3) is 0. The minimum Gasteiger partial charge on any atom is -0.310 e. The van der Waals surface area contributed by atoms with Crippen LogP contribution in [-0.2, 0) is 0 Å². The van der Waals surface area contributed by atoms with E-state index < -0.39 is 0 Å². The molecule has 9 aromatic rings. The van der Waals surface area contributed by atoms with Gasteiger partial charge in [0.1, 0.15) is 0 Å². The molecule has 0 aliphatic rings. The van der Waals surface area contributed by atoms with Crippen LogP contribution in [0.3, 0.4) is 0 Å². The van der Waals surface area contributed by atoms with E-state index in [1.807, 2.05) is 0 Å². The molecule has 0 fully saturated rings. The van der Waals surface area contributed by atoms with Gasteiger partial charge in [-0.05, 0) is 116 Å². The summed E-state index contributed by atoms with van der Waals surface area (Å²) in [5.41, 5.74) is 8.87. The summed E-state index contributed by atoms with van der Waals surface area (Å²) in [6.07, 6.45) is 0. The lowest BCUT2D eigenvalue weighted by Crippen LogP contribution is -2.13. The van der Waals surface area contributed by atoms with E-state index in [0.29, 0.717) is 0 Å². The van der Waals surface area contributed by atoms with Crippen molar-refractivity contribution in [3.05, 3.63) is 206 Å². The lowest BCUT2D eigenvalue weighted by Gasteiger charge is -2.30. The van der Waals surface area contributed by atoms with E-state index in [1.165, 1.54) is 37.9 Å². The zero-order valence-electron chi connectivity index (χ0n) is 27.5. The molecule has 9 aromatic carbocycles. The molecular weight excluding hydrogens is 605 g/mol. The molecule has 2 nitrogen and oxygen atoms in total. The van der Waals surface area contributed by atoms with Crippen LogP contribution in [0.15, 0.2) is 206 Å². The van der Waals surface area contributed by atoms with Crippen LogP contribution in [0.2, 0.25) is 0 Å². The number of rotatable bonds is 7. The first kappa shape index (κ1) is 29.5. The highest BCUT2D eigenvalue weighted by Crippen LogP contribution is 2.44. The SMILES string of the molecule is c1ccc(N(c2ccccc2)c2cc(-c3ccc4c5ccccc5c5ccccc5c4c3)cc(N(c3ccccc3)c3ccccc3)c2)cc1. The highest BCUT2D eigenvalue weighted by Gasteiger charge is 2.19. The highest BCUT2D eigenvalue weighted by molar-refractivity contribution is 6.25. The van der Waals surface area contributed by atoms with Crippen LogP contribution in [0.1, 0.15) is 0 Å². The average molecular weight is 639 g/mol. The van der Waals surface area contributed by atoms with Crippen LogP contribution in [0.5, 0.6) is 0 Å². The van der Waals surface area contributed by atoms with Crippen molar-refractivity contribution in [1.29, 1.82) is 0 Å². The van der Waals surface area contributed by atoms with Crippen molar-refractivity contribution >= 4 is 66.4 Å². The predicted octanol–water partition coefficient (Wildman–Crippen LogP) is 13.8. The third-order valence-electron chi connectivity index (χ3n) is 9.55. The molecule has 0 bridgehead atoms. The summed E-state index contributed by atoms with van der Waals surface area (Å²) in [5, 5.41) is 7.64.